The lowest BCUT2D eigenvalue weighted by molar-refractivity contribution is -0.135. The second-order valence-corrected chi connectivity index (χ2v) is 4.28. The molecule has 0 bridgehead atoms. The standard InChI is InChI=1S/C10H20N2O2/c1-7(2)9(11)10(14)12-5-3-4-8(12)6-13/h7-9,13H,3-6,11H2,1-2H3/t8-,9+/m1/s1. The summed E-state index contributed by atoms with van der Waals surface area (Å²) in [5.74, 6) is 0.138. The van der Waals surface area contributed by atoms with Crippen LogP contribution in [0, 0.1) is 5.92 Å². The molecule has 4 heteroatoms. The topological polar surface area (TPSA) is 66.6 Å². The molecule has 0 aliphatic carbocycles. The van der Waals surface area contributed by atoms with E-state index in [1.807, 2.05) is 13.8 Å². The van der Waals surface area contributed by atoms with Gasteiger partial charge in [0, 0.05) is 6.54 Å². The molecule has 0 aromatic rings. The molecule has 1 rings (SSSR count). The first kappa shape index (κ1) is 11.5. The second-order valence-electron chi connectivity index (χ2n) is 4.28. The second kappa shape index (κ2) is 4.75. The number of carbonyl (C=O) groups excluding carboxylic acids is 1. The Kier molecular flexibility index (Phi) is 3.89. The number of nitrogens with zero attached hydrogens (tertiary/aromatic N) is 1. The van der Waals surface area contributed by atoms with Crippen molar-refractivity contribution in [2.75, 3.05) is 13.2 Å². The van der Waals surface area contributed by atoms with Crippen molar-refractivity contribution in [1.82, 2.24) is 4.90 Å². The molecule has 3 N–H and O–H groups in total. The fourth-order valence-electron chi connectivity index (χ4n) is 1.79. The van der Waals surface area contributed by atoms with Crippen molar-refractivity contribution in [2.45, 2.75) is 38.8 Å². The van der Waals surface area contributed by atoms with E-state index in [0.717, 1.165) is 19.4 Å². The third kappa shape index (κ3) is 2.25. The highest BCUT2D eigenvalue weighted by molar-refractivity contribution is 5.82. The summed E-state index contributed by atoms with van der Waals surface area (Å²) in [6.07, 6.45) is 1.87. The van der Waals surface area contributed by atoms with E-state index in [-0.39, 0.29) is 24.5 Å². The number of aliphatic hydroxyl groups excluding tert-OH is 1. The van der Waals surface area contributed by atoms with Gasteiger partial charge >= 0.3 is 0 Å². The summed E-state index contributed by atoms with van der Waals surface area (Å²) in [5.41, 5.74) is 5.78. The minimum absolute atomic E-state index is 0.00713. The van der Waals surface area contributed by atoms with E-state index in [1.165, 1.54) is 0 Å². The summed E-state index contributed by atoms with van der Waals surface area (Å²) in [6, 6.07) is -0.436. The van der Waals surface area contributed by atoms with Crippen LogP contribution in [0.4, 0.5) is 0 Å². The van der Waals surface area contributed by atoms with Gasteiger partial charge < -0.3 is 15.7 Å². The van der Waals surface area contributed by atoms with E-state index in [0.29, 0.717) is 0 Å². The van der Waals surface area contributed by atoms with E-state index < -0.39 is 6.04 Å². The smallest absolute Gasteiger partial charge is 0.240 e. The SMILES string of the molecule is CC(C)[C@H](N)C(=O)N1CCC[C@@H]1CO. The molecular formula is C10H20N2O2. The monoisotopic (exact) mass is 200 g/mol. The van der Waals surface area contributed by atoms with Gasteiger partial charge in [0.05, 0.1) is 18.7 Å². The van der Waals surface area contributed by atoms with E-state index in [4.69, 9.17) is 10.8 Å². The predicted octanol–water partition coefficient (Wildman–Crippen LogP) is -0.0470. The van der Waals surface area contributed by atoms with Crippen LogP contribution in [0.3, 0.4) is 0 Å². The summed E-state index contributed by atoms with van der Waals surface area (Å²) < 4.78 is 0. The van der Waals surface area contributed by atoms with E-state index >= 15 is 0 Å². The van der Waals surface area contributed by atoms with Crippen LogP contribution in [0.2, 0.25) is 0 Å². The van der Waals surface area contributed by atoms with Gasteiger partial charge in [-0.25, -0.2) is 0 Å². The highest BCUT2D eigenvalue weighted by atomic mass is 16.3. The molecule has 0 aromatic carbocycles. The maximum absolute atomic E-state index is 11.8. The molecule has 2 atom stereocenters. The van der Waals surface area contributed by atoms with Crippen molar-refractivity contribution in [2.24, 2.45) is 11.7 Å². The van der Waals surface area contributed by atoms with Gasteiger partial charge in [0.2, 0.25) is 5.91 Å². The lowest BCUT2D eigenvalue weighted by Crippen LogP contribution is -2.49. The maximum Gasteiger partial charge on any atom is 0.240 e. The van der Waals surface area contributed by atoms with Crippen LogP contribution in [0.1, 0.15) is 26.7 Å². The number of hydrogen-bond donors (Lipinski definition) is 2. The predicted molar refractivity (Wildman–Crippen MR) is 54.6 cm³/mol. The molecule has 4 nitrogen and oxygen atoms in total. The van der Waals surface area contributed by atoms with Gasteiger partial charge in [0.15, 0.2) is 0 Å². The van der Waals surface area contributed by atoms with Gasteiger partial charge in [-0.15, -0.1) is 0 Å². The lowest BCUT2D eigenvalue weighted by atomic mass is 10.0. The third-order valence-electron chi connectivity index (χ3n) is 2.87. The lowest BCUT2D eigenvalue weighted by Gasteiger charge is -2.27. The Balaban J connectivity index is 2.59. The van der Waals surface area contributed by atoms with Gasteiger partial charge in [0.25, 0.3) is 0 Å². The van der Waals surface area contributed by atoms with E-state index in [9.17, 15) is 4.79 Å². The van der Waals surface area contributed by atoms with Gasteiger partial charge in [-0.2, -0.15) is 0 Å². The first-order valence-electron chi connectivity index (χ1n) is 5.24. The van der Waals surface area contributed by atoms with E-state index in [2.05, 4.69) is 0 Å². The fraction of sp³-hybridized carbons (Fsp3) is 0.900. The zero-order valence-corrected chi connectivity index (χ0v) is 8.94. The summed E-state index contributed by atoms with van der Waals surface area (Å²) in [7, 11) is 0. The van der Waals surface area contributed by atoms with Gasteiger partial charge in [-0.05, 0) is 18.8 Å². The Morgan fingerprint density at radius 2 is 2.29 bits per heavy atom. The first-order chi connectivity index (χ1) is 6.57. The molecule has 82 valence electrons. The zero-order valence-electron chi connectivity index (χ0n) is 8.94. The third-order valence-corrected chi connectivity index (χ3v) is 2.87. The van der Waals surface area contributed by atoms with Crippen molar-refractivity contribution in [3.05, 3.63) is 0 Å². The zero-order chi connectivity index (χ0) is 10.7. The van der Waals surface area contributed by atoms with E-state index in [1.54, 1.807) is 4.90 Å². The average Bonchev–Trinajstić information content (AvgIpc) is 2.62. The van der Waals surface area contributed by atoms with Crippen LogP contribution in [-0.4, -0.2) is 41.1 Å². The molecule has 0 saturated carbocycles. The van der Waals surface area contributed by atoms with Gasteiger partial charge in [-0.1, -0.05) is 13.8 Å². The molecule has 0 radical (unpaired) electrons. The number of hydrogen-bond acceptors (Lipinski definition) is 3. The van der Waals surface area contributed by atoms with Gasteiger partial charge in [-0.3, -0.25) is 4.79 Å². The fourth-order valence-corrected chi connectivity index (χ4v) is 1.79. The summed E-state index contributed by atoms with van der Waals surface area (Å²) in [5, 5.41) is 9.07. The quantitative estimate of drug-likeness (QED) is 0.671. The molecular weight excluding hydrogens is 180 g/mol. The number of likely N-dealkylation sites (tertiary alicyclic amines) is 1. The molecule has 1 aliphatic heterocycles. The Morgan fingerprint density at radius 1 is 1.64 bits per heavy atom. The molecule has 1 heterocycles. The summed E-state index contributed by atoms with van der Waals surface area (Å²) in [6.45, 7) is 4.67. The van der Waals surface area contributed by atoms with Crippen LogP contribution in [0.25, 0.3) is 0 Å². The molecule has 0 aromatic heterocycles. The van der Waals surface area contributed by atoms with Crippen LogP contribution in [-0.2, 0) is 4.79 Å². The van der Waals surface area contributed by atoms with Crippen molar-refractivity contribution < 1.29 is 9.90 Å². The van der Waals surface area contributed by atoms with Gasteiger partial charge in [0.1, 0.15) is 0 Å². The van der Waals surface area contributed by atoms with Crippen LogP contribution < -0.4 is 5.73 Å². The van der Waals surface area contributed by atoms with Crippen molar-refractivity contribution in [3.8, 4) is 0 Å². The van der Waals surface area contributed by atoms with Crippen molar-refractivity contribution in [3.63, 3.8) is 0 Å². The largest absolute Gasteiger partial charge is 0.394 e. The number of aliphatic hydroxyl groups is 1. The molecule has 14 heavy (non-hydrogen) atoms. The minimum Gasteiger partial charge on any atom is -0.394 e. The molecule has 1 saturated heterocycles. The number of carbonyl (C=O) groups is 1. The Hall–Kier alpha value is -0.610. The number of amides is 1. The van der Waals surface area contributed by atoms with Crippen LogP contribution >= 0.6 is 0 Å². The highest BCUT2D eigenvalue weighted by Crippen LogP contribution is 2.18. The minimum atomic E-state index is -0.429. The molecule has 0 unspecified atom stereocenters. The Bertz CT molecular complexity index is 206. The molecule has 1 aliphatic rings. The maximum atomic E-state index is 11.8. The first-order valence-corrected chi connectivity index (χ1v) is 5.24. The Morgan fingerprint density at radius 3 is 2.79 bits per heavy atom. The Labute approximate surface area is 85.1 Å². The van der Waals surface area contributed by atoms with Crippen molar-refractivity contribution >= 4 is 5.91 Å². The normalized spacial score (nSPS) is 24.4. The number of rotatable bonds is 3. The highest BCUT2D eigenvalue weighted by Gasteiger charge is 2.31. The van der Waals surface area contributed by atoms with Crippen LogP contribution in [0.15, 0.2) is 0 Å². The summed E-state index contributed by atoms with van der Waals surface area (Å²) >= 11 is 0. The molecule has 1 fully saturated rings. The van der Waals surface area contributed by atoms with Crippen molar-refractivity contribution in [1.29, 1.82) is 0 Å². The molecule has 0 spiro atoms. The van der Waals surface area contributed by atoms with Crippen LogP contribution in [0.5, 0.6) is 0 Å². The summed E-state index contributed by atoms with van der Waals surface area (Å²) in [4.78, 5) is 13.6. The average molecular weight is 200 g/mol. The molecule has 1 amide bonds. The number of nitrogens with two attached hydrogens (primary N) is 1.